The van der Waals surface area contributed by atoms with Crippen LogP contribution in [-0.2, 0) is 18.4 Å². The molecule has 2 aromatic rings. The zero-order valence-corrected chi connectivity index (χ0v) is 17.6. The number of benzene rings is 1. The molecular weight excluding hydrogens is 367 g/mol. The average molecular weight is 401 g/mol. The number of aliphatic imine (C=N–C) groups is 1. The number of halogens is 1. The molecule has 1 aliphatic carbocycles. The highest BCUT2D eigenvalue weighted by molar-refractivity contribution is 5.79. The molecule has 1 fully saturated rings. The summed E-state index contributed by atoms with van der Waals surface area (Å²) in [5.74, 6) is 1.63. The normalized spacial score (nSPS) is 16.6. The van der Waals surface area contributed by atoms with Crippen LogP contribution >= 0.6 is 0 Å². The van der Waals surface area contributed by atoms with Gasteiger partial charge in [0.15, 0.2) is 5.96 Å². The Hall–Kier alpha value is -2.44. The van der Waals surface area contributed by atoms with Crippen LogP contribution in [0.4, 0.5) is 4.39 Å². The molecule has 1 heterocycles. The molecule has 1 saturated carbocycles. The quantitative estimate of drug-likeness (QED) is 0.526. The third kappa shape index (κ3) is 5.55. The van der Waals surface area contributed by atoms with Crippen molar-refractivity contribution in [1.29, 1.82) is 0 Å². The highest BCUT2D eigenvalue weighted by Crippen LogP contribution is 2.40. The average Bonchev–Trinajstić information content (AvgIpc) is 3.20. The van der Waals surface area contributed by atoms with Gasteiger partial charge in [-0.05, 0) is 37.5 Å². The molecule has 6 nitrogen and oxygen atoms in total. The van der Waals surface area contributed by atoms with E-state index in [0.717, 1.165) is 56.2 Å². The number of guanidine groups is 1. The van der Waals surface area contributed by atoms with Crippen LogP contribution in [0, 0.1) is 5.82 Å². The lowest BCUT2D eigenvalue weighted by atomic mass is 9.69. The minimum atomic E-state index is -0.165. The van der Waals surface area contributed by atoms with Crippen molar-refractivity contribution in [2.75, 3.05) is 19.6 Å². The smallest absolute Gasteiger partial charge is 0.191 e. The summed E-state index contributed by atoms with van der Waals surface area (Å²) < 4.78 is 16.0. The Morgan fingerprint density at radius 2 is 2.03 bits per heavy atom. The van der Waals surface area contributed by atoms with E-state index in [-0.39, 0.29) is 11.2 Å². The van der Waals surface area contributed by atoms with Gasteiger partial charge in [0.2, 0.25) is 0 Å². The van der Waals surface area contributed by atoms with Crippen LogP contribution in [0.3, 0.4) is 0 Å². The van der Waals surface area contributed by atoms with Crippen molar-refractivity contribution in [1.82, 2.24) is 25.4 Å². The number of hydrogen-bond acceptors (Lipinski definition) is 3. The van der Waals surface area contributed by atoms with Gasteiger partial charge in [-0.1, -0.05) is 38.3 Å². The van der Waals surface area contributed by atoms with Crippen molar-refractivity contribution < 1.29 is 4.39 Å². The number of nitrogens with one attached hydrogen (secondary N) is 2. The fraction of sp³-hybridized carbons (Fsp3) is 0.591. The molecule has 1 aromatic carbocycles. The van der Waals surface area contributed by atoms with Crippen molar-refractivity contribution in [2.45, 2.75) is 64.3 Å². The number of aromatic nitrogens is 3. The zero-order valence-electron chi connectivity index (χ0n) is 17.6. The molecule has 0 radical (unpaired) electrons. The van der Waals surface area contributed by atoms with E-state index in [2.05, 4.69) is 45.3 Å². The zero-order chi connectivity index (χ0) is 20.5. The SMILES string of the molecule is CCNC(=NCC1(c2cccc(F)c2)CCCCC1)NCCn1cnnc1CC. The predicted molar refractivity (Wildman–Crippen MR) is 115 cm³/mol. The highest BCUT2D eigenvalue weighted by Gasteiger charge is 2.34. The highest BCUT2D eigenvalue weighted by atomic mass is 19.1. The summed E-state index contributed by atoms with van der Waals surface area (Å²) in [6.07, 6.45) is 8.33. The second-order valence-corrected chi connectivity index (χ2v) is 7.77. The van der Waals surface area contributed by atoms with E-state index < -0.39 is 0 Å². The van der Waals surface area contributed by atoms with Gasteiger partial charge >= 0.3 is 0 Å². The van der Waals surface area contributed by atoms with E-state index in [4.69, 9.17) is 4.99 Å². The monoisotopic (exact) mass is 400 g/mol. The fourth-order valence-corrected chi connectivity index (χ4v) is 4.19. The Morgan fingerprint density at radius 1 is 1.21 bits per heavy atom. The third-order valence-corrected chi connectivity index (χ3v) is 5.79. The fourth-order valence-electron chi connectivity index (χ4n) is 4.19. The maximum Gasteiger partial charge on any atom is 0.191 e. The topological polar surface area (TPSA) is 67.1 Å². The Balaban J connectivity index is 1.69. The van der Waals surface area contributed by atoms with Gasteiger partial charge in [0.05, 0.1) is 6.54 Å². The van der Waals surface area contributed by atoms with E-state index in [9.17, 15) is 4.39 Å². The number of aryl methyl sites for hydroxylation is 1. The van der Waals surface area contributed by atoms with E-state index in [0.29, 0.717) is 6.54 Å². The second kappa shape index (κ2) is 10.4. The van der Waals surface area contributed by atoms with Gasteiger partial charge in [-0.15, -0.1) is 10.2 Å². The Bertz CT molecular complexity index is 794. The van der Waals surface area contributed by atoms with Crippen LogP contribution in [0.2, 0.25) is 0 Å². The van der Waals surface area contributed by atoms with Gasteiger partial charge in [-0.3, -0.25) is 4.99 Å². The maximum atomic E-state index is 13.9. The molecule has 1 aliphatic rings. The Morgan fingerprint density at radius 3 is 2.76 bits per heavy atom. The first-order valence-electron chi connectivity index (χ1n) is 10.8. The summed E-state index contributed by atoms with van der Waals surface area (Å²) in [5.41, 5.74) is 1.00. The molecule has 29 heavy (non-hydrogen) atoms. The lowest BCUT2D eigenvalue weighted by Crippen LogP contribution is -2.41. The second-order valence-electron chi connectivity index (χ2n) is 7.77. The summed E-state index contributed by atoms with van der Waals surface area (Å²) >= 11 is 0. The van der Waals surface area contributed by atoms with Gasteiger partial charge in [-0.25, -0.2) is 4.39 Å². The van der Waals surface area contributed by atoms with E-state index in [1.54, 1.807) is 12.4 Å². The van der Waals surface area contributed by atoms with Gasteiger partial charge in [0, 0.05) is 31.5 Å². The minimum Gasteiger partial charge on any atom is -0.357 e. The van der Waals surface area contributed by atoms with Gasteiger partial charge in [0.25, 0.3) is 0 Å². The Kier molecular flexibility index (Phi) is 7.61. The van der Waals surface area contributed by atoms with E-state index in [1.807, 2.05) is 6.07 Å². The number of hydrogen-bond donors (Lipinski definition) is 2. The molecule has 0 amide bonds. The maximum absolute atomic E-state index is 13.9. The molecule has 0 aliphatic heterocycles. The number of rotatable bonds is 8. The first kappa shape index (κ1) is 21.3. The predicted octanol–water partition coefficient (Wildman–Crippen LogP) is 3.44. The van der Waals surface area contributed by atoms with Crippen LogP contribution in [-0.4, -0.2) is 40.4 Å². The molecule has 158 valence electrons. The van der Waals surface area contributed by atoms with Crippen molar-refractivity contribution >= 4 is 5.96 Å². The van der Waals surface area contributed by atoms with Crippen LogP contribution in [0.25, 0.3) is 0 Å². The van der Waals surface area contributed by atoms with E-state index >= 15 is 0 Å². The molecule has 7 heteroatoms. The summed E-state index contributed by atoms with van der Waals surface area (Å²) in [6, 6.07) is 7.09. The Labute approximate surface area is 173 Å². The minimum absolute atomic E-state index is 0.0770. The van der Waals surface area contributed by atoms with Crippen LogP contribution in [0.5, 0.6) is 0 Å². The summed E-state index contributed by atoms with van der Waals surface area (Å²) in [4.78, 5) is 4.91. The first-order chi connectivity index (χ1) is 14.2. The standard InChI is InChI=1S/C22H33FN6/c1-3-20-28-27-17-29(20)14-13-25-21(24-4-2)26-16-22(11-6-5-7-12-22)18-9-8-10-19(23)15-18/h8-10,15,17H,3-7,11-14,16H2,1-2H3,(H2,24,25,26). The molecule has 1 aromatic heterocycles. The van der Waals surface area contributed by atoms with Crippen LogP contribution in [0.1, 0.15) is 57.3 Å². The molecule has 0 bridgehead atoms. The molecule has 0 unspecified atom stereocenters. The van der Waals surface area contributed by atoms with Gasteiger partial charge < -0.3 is 15.2 Å². The van der Waals surface area contributed by atoms with E-state index in [1.165, 1.54) is 25.3 Å². The molecular formula is C22H33FN6. The van der Waals surface area contributed by atoms with Crippen molar-refractivity contribution in [3.05, 3.63) is 47.8 Å². The lowest BCUT2D eigenvalue weighted by Gasteiger charge is -2.37. The largest absolute Gasteiger partial charge is 0.357 e. The molecule has 2 N–H and O–H groups in total. The molecule has 0 saturated heterocycles. The molecule has 0 spiro atoms. The summed E-state index contributed by atoms with van der Waals surface area (Å²) in [6.45, 7) is 7.13. The van der Waals surface area contributed by atoms with Gasteiger partial charge in [-0.2, -0.15) is 0 Å². The number of nitrogens with zero attached hydrogens (tertiary/aromatic N) is 4. The van der Waals surface area contributed by atoms with Crippen molar-refractivity contribution in [3.8, 4) is 0 Å². The first-order valence-corrected chi connectivity index (χ1v) is 10.8. The molecule has 0 atom stereocenters. The lowest BCUT2D eigenvalue weighted by molar-refractivity contribution is 0.300. The van der Waals surface area contributed by atoms with Gasteiger partial charge in [0.1, 0.15) is 18.0 Å². The molecule has 3 rings (SSSR count). The van der Waals surface area contributed by atoms with Crippen LogP contribution in [0.15, 0.2) is 35.6 Å². The third-order valence-electron chi connectivity index (χ3n) is 5.79. The summed E-state index contributed by atoms with van der Waals surface area (Å²) in [5, 5.41) is 14.9. The summed E-state index contributed by atoms with van der Waals surface area (Å²) in [7, 11) is 0. The van der Waals surface area contributed by atoms with Crippen molar-refractivity contribution in [2.24, 2.45) is 4.99 Å². The van der Waals surface area contributed by atoms with Crippen LogP contribution < -0.4 is 10.6 Å². The van der Waals surface area contributed by atoms with Crippen molar-refractivity contribution in [3.63, 3.8) is 0 Å².